The molecule has 15 heteroatoms. The Hall–Kier alpha value is -3.85. The van der Waals surface area contributed by atoms with Crippen LogP contribution in [0.3, 0.4) is 0 Å². The highest BCUT2D eigenvalue weighted by molar-refractivity contribution is 7.89. The molecule has 2 aromatic carbocycles. The fourth-order valence-electron chi connectivity index (χ4n) is 2.89. The van der Waals surface area contributed by atoms with Crippen molar-refractivity contribution in [2.75, 3.05) is 13.2 Å². The van der Waals surface area contributed by atoms with E-state index in [1.165, 1.54) is 0 Å². The van der Waals surface area contributed by atoms with Crippen LogP contribution >= 0.6 is 0 Å². The number of nitrogens with zero attached hydrogens (tertiary/aromatic N) is 1. The number of amides is 3. The topological polar surface area (TPSA) is 168 Å². The molecule has 0 saturated heterocycles. The third kappa shape index (κ3) is 7.86. The van der Waals surface area contributed by atoms with Gasteiger partial charge >= 0.3 is 6.09 Å². The van der Waals surface area contributed by atoms with Crippen molar-refractivity contribution in [1.29, 1.82) is 0 Å². The summed E-state index contributed by atoms with van der Waals surface area (Å²) in [7, 11) is -4.20. The summed E-state index contributed by atoms with van der Waals surface area (Å²) >= 11 is 0. The van der Waals surface area contributed by atoms with Crippen molar-refractivity contribution in [1.82, 2.24) is 15.8 Å². The maximum Gasteiger partial charge on any atom is 0.423 e. The number of primary sulfonamides is 1. The monoisotopic (exact) mass is 518 g/mol. The van der Waals surface area contributed by atoms with E-state index in [1.54, 1.807) is 17.8 Å². The average Bonchev–Trinajstić information content (AvgIpc) is 2.75. The van der Waals surface area contributed by atoms with Gasteiger partial charge in [0.1, 0.15) is 29.7 Å². The summed E-state index contributed by atoms with van der Waals surface area (Å²) in [6, 6.07) is 4.16. The number of benzene rings is 2. The van der Waals surface area contributed by atoms with Crippen molar-refractivity contribution < 1.29 is 45.8 Å². The number of carbonyl (C=O) groups is 3. The third-order valence-corrected chi connectivity index (χ3v) is 5.45. The van der Waals surface area contributed by atoms with Gasteiger partial charge in [0.2, 0.25) is 10.0 Å². The fraction of sp³-hybridized carbons (Fsp3) is 0.250. The standard InChI is InChI=1S/C20H21F3N4O7S/c1-2-14-16(23)5-12(21)6-17(14)34-10-19(29)27(9-18(28)25-26-20(30)31)8-11-3-4-13(7-15(11)22)35(24,32)33/h3-7,26H,2,8-10H2,1H3,(H,25,28)(H,30,31)(H2,24,32,33). The van der Waals surface area contributed by atoms with Crippen molar-refractivity contribution in [3.05, 3.63) is 58.9 Å². The van der Waals surface area contributed by atoms with Gasteiger partial charge in [0.05, 0.1) is 4.90 Å². The first-order chi connectivity index (χ1) is 16.3. The average molecular weight is 518 g/mol. The van der Waals surface area contributed by atoms with Crippen molar-refractivity contribution in [2.45, 2.75) is 24.8 Å². The van der Waals surface area contributed by atoms with Gasteiger partial charge in [0.15, 0.2) is 6.61 Å². The largest absolute Gasteiger partial charge is 0.483 e. The van der Waals surface area contributed by atoms with Gasteiger partial charge < -0.3 is 14.7 Å². The summed E-state index contributed by atoms with van der Waals surface area (Å²) in [6.45, 7) is -0.591. The van der Waals surface area contributed by atoms with E-state index in [1.807, 2.05) is 0 Å². The highest BCUT2D eigenvalue weighted by Gasteiger charge is 2.22. The molecule has 2 aromatic rings. The lowest BCUT2D eigenvalue weighted by Gasteiger charge is -2.23. The molecule has 5 N–H and O–H groups in total. The molecule has 0 heterocycles. The lowest BCUT2D eigenvalue weighted by atomic mass is 10.1. The zero-order chi connectivity index (χ0) is 26.3. The Labute approximate surface area is 197 Å². The summed E-state index contributed by atoms with van der Waals surface area (Å²) in [6.07, 6.45) is -1.48. The Bertz CT molecular complexity index is 1240. The molecule has 0 aliphatic heterocycles. The highest BCUT2D eigenvalue weighted by atomic mass is 32.2. The lowest BCUT2D eigenvalue weighted by molar-refractivity contribution is -0.138. The lowest BCUT2D eigenvalue weighted by Crippen LogP contribution is -2.48. The smallest absolute Gasteiger partial charge is 0.423 e. The van der Waals surface area contributed by atoms with Crippen LogP contribution in [0, 0.1) is 17.5 Å². The number of halogens is 3. The first-order valence-corrected chi connectivity index (χ1v) is 11.3. The maximum absolute atomic E-state index is 14.5. The van der Waals surface area contributed by atoms with E-state index in [2.05, 4.69) is 0 Å². The molecule has 0 unspecified atom stereocenters. The van der Waals surface area contributed by atoms with Crippen LogP contribution in [-0.4, -0.2) is 49.5 Å². The third-order valence-electron chi connectivity index (χ3n) is 4.53. The molecular weight excluding hydrogens is 497 g/mol. The molecule has 11 nitrogen and oxygen atoms in total. The Kier molecular flexibility index (Phi) is 9.02. The number of rotatable bonds is 9. The van der Waals surface area contributed by atoms with E-state index in [0.717, 1.165) is 23.1 Å². The second kappa shape index (κ2) is 11.5. The zero-order valence-corrected chi connectivity index (χ0v) is 19.0. The van der Waals surface area contributed by atoms with E-state index in [4.69, 9.17) is 15.0 Å². The van der Waals surface area contributed by atoms with Crippen molar-refractivity contribution in [3.63, 3.8) is 0 Å². The number of nitrogens with two attached hydrogens (primary N) is 1. The fourth-order valence-corrected chi connectivity index (χ4v) is 3.42. The quantitative estimate of drug-likeness (QED) is 0.359. The minimum absolute atomic E-state index is 0.00113. The molecule has 35 heavy (non-hydrogen) atoms. The minimum atomic E-state index is -4.20. The number of nitrogens with one attached hydrogen (secondary N) is 2. The second-order valence-corrected chi connectivity index (χ2v) is 8.59. The van der Waals surface area contributed by atoms with Crippen molar-refractivity contribution >= 4 is 27.9 Å². The molecule has 3 amide bonds. The van der Waals surface area contributed by atoms with Crippen LogP contribution in [0.5, 0.6) is 5.75 Å². The van der Waals surface area contributed by atoms with Gasteiger partial charge in [0, 0.05) is 29.8 Å². The van der Waals surface area contributed by atoms with E-state index in [9.17, 15) is 36.0 Å². The summed E-state index contributed by atoms with van der Waals surface area (Å²) in [5.74, 6) is -5.08. The first-order valence-electron chi connectivity index (χ1n) is 9.79. The molecular formula is C20H21F3N4O7S. The Morgan fingerprint density at radius 1 is 1.09 bits per heavy atom. The molecule has 0 atom stereocenters. The van der Waals surface area contributed by atoms with E-state index in [0.29, 0.717) is 12.1 Å². The molecule has 0 bridgehead atoms. The van der Waals surface area contributed by atoms with Crippen LogP contribution in [0.15, 0.2) is 35.2 Å². The van der Waals surface area contributed by atoms with Gasteiger partial charge in [-0.15, -0.1) is 0 Å². The van der Waals surface area contributed by atoms with Crippen LogP contribution in [0.4, 0.5) is 18.0 Å². The second-order valence-electron chi connectivity index (χ2n) is 7.03. The number of hydrogen-bond donors (Lipinski definition) is 4. The molecule has 0 spiro atoms. The van der Waals surface area contributed by atoms with E-state index >= 15 is 0 Å². The SMILES string of the molecule is CCc1c(F)cc(F)cc1OCC(=O)N(CC(=O)NNC(=O)O)Cc1ccc(S(N)(=O)=O)cc1F. The van der Waals surface area contributed by atoms with Crippen LogP contribution in [0.1, 0.15) is 18.1 Å². The minimum Gasteiger partial charge on any atom is -0.483 e. The number of hydrogen-bond acceptors (Lipinski definition) is 6. The normalized spacial score (nSPS) is 11.0. The Morgan fingerprint density at radius 3 is 2.34 bits per heavy atom. The molecule has 0 saturated carbocycles. The zero-order valence-electron chi connectivity index (χ0n) is 18.2. The molecule has 0 aliphatic rings. The van der Waals surface area contributed by atoms with Crippen LogP contribution in [-0.2, 0) is 32.6 Å². The van der Waals surface area contributed by atoms with Gasteiger partial charge in [-0.05, 0) is 18.6 Å². The van der Waals surface area contributed by atoms with Gasteiger partial charge in [-0.25, -0.2) is 36.9 Å². The first kappa shape index (κ1) is 27.4. The van der Waals surface area contributed by atoms with Crippen LogP contribution < -0.4 is 20.7 Å². The van der Waals surface area contributed by atoms with Crippen LogP contribution in [0.25, 0.3) is 0 Å². The van der Waals surface area contributed by atoms with Crippen LogP contribution in [0.2, 0.25) is 0 Å². The molecule has 2 rings (SSSR count). The van der Waals surface area contributed by atoms with Gasteiger partial charge in [0.25, 0.3) is 11.8 Å². The number of carbonyl (C=O) groups excluding carboxylic acids is 2. The molecule has 190 valence electrons. The number of ether oxygens (including phenoxy) is 1. The summed E-state index contributed by atoms with van der Waals surface area (Å²) in [5.41, 5.74) is 3.16. The predicted octanol–water partition coefficient (Wildman–Crippen LogP) is 1.02. The molecule has 0 aliphatic carbocycles. The van der Waals surface area contributed by atoms with Gasteiger partial charge in [-0.3, -0.25) is 15.0 Å². The van der Waals surface area contributed by atoms with Crippen molar-refractivity contribution in [3.8, 4) is 5.75 Å². The molecule has 0 radical (unpaired) electrons. The summed E-state index contributed by atoms with van der Waals surface area (Å²) < 4.78 is 70.0. The summed E-state index contributed by atoms with van der Waals surface area (Å²) in [4.78, 5) is 35.6. The van der Waals surface area contributed by atoms with E-state index < -0.39 is 70.0 Å². The van der Waals surface area contributed by atoms with Gasteiger partial charge in [-0.2, -0.15) is 0 Å². The number of sulfonamides is 1. The van der Waals surface area contributed by atoms with Crippen molar-refractivity contribution in [2.24, 2.45) is 5.14 Å². The number of hydrazine groups is 1. The molecule has 0 aromatic heterocycles. The number of carboxylic acid groups (broad SMARTS) is 1. The maximum atomic E-state index is 14.5. The molecule has 0 fully saturated rings. The van der Waals surface area contributed by atoms with E-state index in [-0.39, 0.29) is 23.3 Å². The summed E-state index contributed by atoms with van der Waals surface area (Å²) in [5, 5.41) is 13.5. The Morgan fingerprint density at radius 2 is 1.77 bits per heavy atom. The predicted molar refractivity (Wildman–Crippen MR) is 114 cm³/mol. The highest BCUT2D eigenvalue weighted by Crippen LogP contribution is 2.24. The Balaban J connectivity index is 2.26. The van der Waals surface area contributed by atoms with Gasteiger partial charge in [-0.1, -0.05) is 13.0 Å².